The Kier molecular flexibility index (Phi) is 7.46. The first-order valence-corrected chi connectivity index (χ1v) is 10.3. The second-order valence-electron chi connectivity index (χ2n) is 7.56. The van der Waals surface area contributed by atoms with E-state index in [2.05, 4.69) is 33.0 Å². The van der Waals surface area contributed by atoms with E-state index in [0.717, 1.165) is 62.0 Å². The molecule has 1 saturated carbocycles. The van der Waals surface area contributed by atoms with Crippen LogP contribution in [0.1, 0.15) is 42.9 Å². The van der Waals surface area contributed by atoms with E-state index < -0.39 is 0 Å². The molecule has 1 fully saturated rings. The van der Waals surface area contributed by atoms with Crippen LogP contribution in [-0.2, 0) is 20.0 Å². The molecule has 8 heteroatoms. The molecule has 29 heavy (non-hydrogen) atoms. The van der Waals surface area contributed by atoms with Gasteiger partial charge in [-0.25, -0.2) is 4.99 Å². The van der Waals surface area contributed by atoms with Crippen LogP contribution in [0, 0.1) is 6.92 Å². The van der Waals surface area contributed by atoms with Gasteiger partial charge in [0.2, 0.25) is 0 Å². The first kappa shape index (κ1) is 21.1. The molecule has 3 rings (SSSR count). The molecule has 1 aliphatic rings. The number of methoxy groups -OCH3 is 1. The van der Waals surface area contributed by atoms with Crippen LogP contribution >= 0.6 is 0 Å². The van der Waals surface area contributed by atoms with Gasteiger partial charge in [0, 0.05) is 19.6 Å². The Hall–Kier alpha value is -2.61. The molecule has 8 nitrogen and oxygen atoms in total. The van der Waals surface area contributed by atoms with E-state index in [-0.39, 0.29) is 6.10 Å². The molecule has 0 amide bonds. The molecule has 158 valence electrons. The Morgan fingerprint density at radius 3 is 2.55 bits per heavy atom. The van der Waals surface area contributed by atoms with E-state index in [4.69, 9.17) is 9.73 Å². The van der Waals surface area contributed by atoms with Crippen LogP contribution in [-0.4, -0.2) is 51.6 Å². The molecule has 0 saturated heterocycles. The van der Waals surface area contributed by atoms with Gasteiger partial charge < -0.3 is 25.0 Å². The number of aliphatic hydroxyl groups excluding tert-OH is 1. The van der Waals surface area contributed by atoms with Gasteiger partial charge >= 0.3 is 0 Å². The van der Waals surface area contributed by atoms with E-state index in [0.29, 0.717) is 12.6 Å². The van der Waals surface area contributed by atoms with Crippen LogP contribution in [0.15, 0.2) is 29.3 Å². The van der Waals surface area contributed by atoms with Crippen molar-refractivity contribution in [3.63, 3.8) is 0 Å². The lowest BCUT2D eigenvalue weighted by molar-refractivity contribution is 0.120. The largest absolute Gasteiger partial charge is 0.497 e. The quantitative estimate of drug-likeness (QED) is 0.484. The summed E-state index contributed by atoms with van der Waals surface area (Å²) >= 11 is 0. The van der Waals surface area contributed by atoms with Crippen LogP contribution in [0.3, 0.4) is 0 Å². The summed E-state index contributed by atoms with van der Waals surface area (Å²) in [4.78, 5) is 4.73. The van der Waals surface area contributed by atoms with Crippen molar-refractivity contribution in [2.24, 2.45) is 12.0 Å². The maximum Gasteiger partial charge on any atom is 0.191 e. The Balaban J connectivity index is 1.59. The molecule has 0 bridgehead atoms. The summed E-state index contributed by atoms with van der Waals surface area (Å²) in [6.45, 7) is 3.16. The van der Waals surface area contributed by atoms with E-state index in [9.17, 15) is 5.11 Å². The highest BCUT2D eigenvalue weighted by molar-refractivity contribution is 5.80. The Morgan fingerprint density at radius 1 is 1.21 bits per heavy atom. The third kappa shape index (κ3) is 6.19. The molecular weight excluding hydrogens is 368 g/mol. The molecule has 3 N–H and O–H groups in total. The van der Waals surface area contributed by atoms with Gasteiger partial charge in [0.1, 0.15) is 18.1 Å². The third-order valence-electron chi connectivity index (χ3n) is 5.46. The first-order chi connectivity index (χ1) is 14.0. The van der Waals surface area contributed by atoms with Gasteiger partial charge in [0.15, 0.2) is 11.8 Å². The number of rotatable bonds is 7. The summed E-state index contributed by atoms with van der Waals surface area (Å²) in [6, 6.07) is 8.44. The van der Waals surface area contributed by atoms with Crippen molar-refractivity contribution in [1.29, 1.82) is 0 Å². The molecule has 0 radical (unpaired) electrons. The van der Waals surface area contributed by atoms with Crippen LogP contribution in [0.5, 0.6) is 5.75 Å². The Bertz CT molecular complexity index is 794. The van der Waals surface area contributed by atoms with Gasteiger partial charge in [0.25, 0.3) is 0 Å². The van der Waals surface area contributed by atoms with E-state index in [1.807, 2.05) is 30.7 Å². The number of ether oxygens (including phenoxy) is 1. The number of aliphatic hydroxyl groups is 1. The van der Waals surface area contributed by atoms with Crippen LogP contribution in [0.2, 0.25) is 0 Å². The van der Waals surface area contributed by atoms with Gasteiger partial charge in [-0.3, -0.25) is 0 Å². The molecule has 0 unspecified atom stereocenters. The second-order valence-corrected chi connectivity index (χ2v) is 7.56. The van der Waals surface area contributed by atoms with Gasteiger partial charge in [-0.1, -0.05) is 12.1 Å². The number of aromatic nitrogens is 3. The summed E-state index contributed by atoms with van der Waals surface area (Å²) in [6.07, 6.45) is 4.28. The van der Waals surface area contributed by atoms with Gasteiger partial charge in [0.05, 0.1) is 13.2 Å². The maximum absolute atomic E-state index is 9.75. The molecule has 0 aliphatic heterocycles. The van der Waals surface area contributed by atoms with Crippen molar-refractivity contribution in [2.75, 3.05) is 13.7 Å². The van der Waals surface area contributed by atoms with Gasteiger partial charge in [-0.2, -0.15) is 0 Å². The Labute approximate surface area is 172 Å². The lowest BCUT2D eigenvalue weighted by Crippen LogP contribution is -2.46. The SMILES string of the molecule is COc1ccc(CCNC(=NCc2nnc(C)n2C)NC2CCC(O)CC2)cc1. The van der Waals surface area contributed by atoms with Gasteiger partial charge in [-0.05, 0) is 56.7 Å². The minimum atomic E-state index is -0.168. The second kappa shape index (κ2) is 10.2. The van der Waals surface area contributed by atoms with Crippen LogP contribution in [0.25, 0.3) is 0 Å². The fraction of sp³-hybridized carbons (Fsp3) is 0.571. The molecule has 0 spiro atoms. The smallest absolute Gasteiger partial charge is 0.191 e. The highest BCUT2D eigenvalue weighted by Gasteiger charge is 2.20. The average Bonchev–Trinajstić information content (AvgIpc) is 3.06. The highest BCUT2D eigenvalue weighted by atomic mass is 16.5. The molecule has 1 aromatic carbocycles. The molecule has 2 aromatic rings. The van der Waals surface area contributed by atoms with Crippen molar-refractivity contribution < 1.29 is 9.84 Å². The zero-order valence-corrected chi connectivity index (χ0v) is 17.6. The fourth-order valence-corrected chi connectivity index (χ4v) is 3.42. The summed E-state index contributed by atoms with van der Waals surface area (Å²) in [5, 5.41) is 25.0. The summed E-state index contributed by atoms with van der Waals surface area (Å²) < 4.78 is 7.17. The lowest BCUT2D eigenvalue weighted by atomic mass is 9.93. The minimum absolute atomic E-state index is 0.168. The highest BCUT2D eigenvalue weighted by Crippen LogP contribution is 2.18. The van der Waals surface area contributed by atoms with Crippen LogP contribution < -0.4 is 15.4 Å². The first-order valence-electron chi connectivity index (χ1n) is 10.3. The van der Waals surface area contributed by atoms with Crippen molar-refractivity contribution in [3.05, 3.63) is 41.5 Å². The van der Waals surface area contributed by atoms with Crippen molar-refractivity contribution in [1.82, 2.24) is 25.4 Å². The van der Waals surface area contributed by atoms with E-state index >= 15 is 0 Å². The average molecular weight is 401 g/mol. The van der Waals surface area contributed by atoms with E-state index in [1.165, 1.54) is 5.56 Å². The fourth-order valence-electron chi connectivity index (χ4n) is 3.42. The van der Waals surface area contributed by atoms with Crippen molar-refractivity contribution >= 4 is 5.96 Å². The maximum atomic E-state index is 9.75. The van der Waals surface area contributed by atoms with Gasteiger partial charge in [-0.15, -0.1) is 10.2 Å². The summed E-state index contributed by atoms with van der Waals surface area (Å²) in [5.41, 5.74) is 1.24. The number of nitrogens with zero attached hydrogens (tertiary/aromatic N) is 4. The predicted molar refractivity (Wildman–Crippen MR) is 113 cm³/mol. The topological polar surface area (TPSA) is 96.6 Å². The number of hydrogen-bond acceptors (Lipinski definition) is 5. The molecule has 1 heterocycles. The van der Waals surface area contributed by atoms with Crippen molar-refractivity contribution in [3.8, 4) is 5.75 Å². The summed E-state index contributed by atoms with van der Waals surface area (Å²) in [7, 11) is 3.63. The monoisotopic (exact) mass is 400 g/mol. The third-order valence-corrected chi connectivity index (χ3v) is 5.46. The number of hydrogen-bond donors (Lipinski definition) is 3. The van der Waals surface area contributed by atoms with Crippen molar-refractivity contribution in [2.45, 2.75) is 57.7 Å². The van der Waals surface area contributed by atoms with E-state index in [1.54, 1.807) is 7.11 Å². The zero-order valence-electron chi connectivity index (χ0n) is 17.6. The normalized spacial score (nSPS) is 19.8. The molecule has 1 aliphatic carbocycles. The molecule has 1 aromatic heterocycles. The predicted octanol–water partition coefficient (Wildman–Crippen LogP) is 1.71. The molecule has 0 atom stereocenters. The Morgan fingerprint density at radius 2 is 1.93 bits per heavy atom. The number of guanidine groups is 1. The van der Waals surface area contributed by atoms with Crippen LogP contribution in [0.4, 0.5) is 0 Å². The number of aliphatic imine (C=N–C) groups is 1. The number of nitrogens with one attached hydrogen (secondary N) is 2. The standard InChI is InChI=1S/C21H32N6O2/c1-15-25-26-20(27(15)2)14-23-21(24-17-6-8-18(28)9-7-17)22-13-12-16-4-10-19(29-3)11-5-16/h4-5,10-11,17-18,28H,6-9,12-14H2,1-3H3,(H2,22,23,24). The lowest BCUT2D eigenvalue weighted by Gasteiger charge is -2.27. The minimum Gasteiger partial charge on any atom is -0.497 e. The number of aryl methyl sites for hydroxylation is 1. The summed E-state index contributed by atoms with van der Waals surface area (Å²) in [5.74, 6) is 3.35. The number of benzene rings is 1. The molecular formula is C21H32N6O2. The zero-order chi connectivity index (χ0) is 20.6.